The van der Waals surface area contributed by atoms with Gasteiger partial charge in [0.15, 0.2) is 0 Å². The number of nitrogens with zero attached hydrogens (tertiary/aromatic N) is 1. The average Bonchev–Trinajstić information content (AvgIpc) is 2.23. The first-order chi connectivity index (χ1) is 7.57. The van der Waals surface area contributed by atoms with Crippen LogP contribution < -0.4 is 0 Å². The molecule has 0 aromatic rings. The molecule has 0 aromatic heterocycles. The predicted octanol–water partition coefficient (Wildman–Crippen LogP) is 0.692. The zero-order chi connectivity index (χ0) is 12.4. The third-order valence-electron chi connectivity index (χ3n) is 2.27. The smallest absolute Gasteiger partial charge is 0.307 e. The Labute approximate surface area is 97.3 Å². The Balaban J connectivity index is 3.36. The van der Waals surface area contributed by atoms with Crippen molar-refractivity contribution in [1.29, 1.82) is 0 Å². The molecular weight excluding hydrogens is 210 g/mol. The Kier molecular flexibility index (Phi) is 9.18. The molecule has 96 valence electrons. The summed E-state index contributed by atoms with van der Waals surface area (Å²) in [7, 11) is 3.57. The lowest BCUT2D eigenvalue weighted by atomic mass is 10.2. The van der Waals surface area contributed by atoms with Crippen LogP contribution in [0.1, 0.15) is 13.3 Å². The summed E-state index contributed by atoms with van der Waals surface area (Å²) < 4.78 is 10.2. The monoisotopic (exact) mass is 233 g/mol. The van der Waals surface area contributed by atoms with E-state index < -0.39 is 5.97 Å². The number of methoxy groups -OCH3 is 1. The van der Waals surface area contributed by atoms with Gasteiger partial charge in [-0.15, -0.1) is 0 Å². The topological polar surface area (TPSA) is 59.0 Å². The number of ether oxygens (including phenoxy) is 2. The fraction of sp³-hybridized carbons (Fsp3) is 0.909. The van der Waals surface area contributed by atoms with E-state index in [1.165, 1.54) is 0 Å². The fourth-order valence-corrected chi connectivity index (χ4v) is 1.32. The van der Waals surface area contributed by atoms with E-state index in [9.17, 15) is 4.79 Å². The molecular formula is C11H23NO4. The Morgan fingerprint density at radius 2 is 2.06 bits per heavy atom. The minimum atomic E-state index is -0.747. The predicted molar refractivity (Wildman–Crippen MR) is 61.6 cm³/mol. The van der Waals surface area contributed by atoms with Crippen LogP contribution in [0, 0.1) is 5.92 Å². The van der Waals surface area contributed by atoms with E-state index >= 15 is 0 Å². The van der Waals surface area contributed by atoms with E-state index in [4.69, 9.17) is 14.6 Å². The molecule has 1 atom stereocenters. The minimum Gasteiger partial charge on any atom is -0.481 e. The number of carboxylic acid groups (broad SMARTS) is 1. The summed E-state index contributed by atoms with van der Waals surface area (Å²) >= 11 is 0. The van der Waals surface area contributed by atoms with E-state index in [0.717, 1.165) is 13.0 Å². The molecule has 0 aliphatic heterocycles. The Hall–Kier alpha value is -0.650. The molecule has 0 radical (unpaired) electrons. The maximum absolute atomic E-state index is 10.6. The maximum Gasteiger partial charge on any atom is 0.307 e. The zero-order valence-electron chi connectivity index (χ0n) is 10.4. The molecule has 0 amide bonds. The molecule has 0 spiro atoms. The van der Waals surface area contributed by atoms with E-state index in [2.05, 4.69) is 0 Å². The lowest BCUT2D eigenvalue weighted by Gasteiger charge is -2.18. The standard InChI is InChI=1S/C11H23NO4/c1-10(11(13)14)9-12(2)5-4-6-16-8-7-15-3/h10H,4-9H2,1-3H3,(H,13,14). The van der Waals surface area contributed by atoms with Gasteiger partial charge in [0.25, 0.3) is 0 Å². The molecule has 0 saturated carbocycles. The number of aliphatic carboxylic acids is 1. The first-order valence-corrected chi connectivity index (χ1v) is 5.56. The average molecular weight is 233 g/mol. The lowest BCUT2D eigenvalue weighted by Crippen LogP contribution is -2.29. The highest BCUT2D eigenvalue weighted by Gasteiger charge is 2.12. The van der Waals surface area contributed by atoms with Gasteiger partial charge in [0.1, 0.15) is 0 Å². The molecule has 0 saturated heterocycles. The lowest BCUT2D eigenvalue weighted by molar-refractivity contribution is -0.141. The van der Waals surface area contributed by atoms with Gasteiger partial charge in [0, 0.05) is 26.8 Å². The van der Waals surface area contributed by atoms with Crippen LogP contribution in [-0.4, -0.2) is 63.0 Å². The summed E-state index contributed by atoms with van der Waals surface area (Å²) in [5, 5.41) is 8.73. The molecule has 0 fully saturated rings. The zero-order valence-corrected chi connectivity index (χ0v) is 10.4. The quantitative estimate of drug-likeness (QED) is 0.563. The fourth-order valence-electron chi connectivity index (χ4n) is 1.32. The van der Waals surface area contributed by atoms with Crippen LogP contribution in [0.3, 0.4) is 0 Å². The van der Waals surface area contributed by atoms with Crippen LogP contribution in [0.25, 0.3) is 0 Å². The van der Waals surface area contributed by atoms with E-state index in [1.54, 1.807) is 14.0 Å². The normalized spacial score (nSPS) is 13.0. The molecule has 0 aromatic carbocycles. The highest BCUT2D eigenvalue weighted by Crippen LogP contribution is 1.99. The minimum absolute atomic E-state index is 0.320. The summed E-state index contributed by atoms with van der Waals surface area (Å²) in [6.45, 7) is 5.07. The molecule has 1 N–H and O–H groups in total. The third kappa shape index (κ3) is 8.64. The number of hydrogen-bond acceptors (Lipinski definition) is 4. The van der Waals surface area contributed by atoms with Crippen molar-refractivity contribution in [2.24, 2.45) is 5.92 Å². The number of hydrogen-bond donors (Lipinski definition) is 1. The van der Waals surface area contributed by atoms with Gasteiger partial charge in [-0.05, 0) is 13.5 Å². The Bertz CT molecular complexity index is 187. The van der Waals surface area contributed by atoms with Gasteiger partial charge in [-0.3, -0.25) is 4.79 Å². The van der Waals surface area contributed by atoms with Crippen molar-refractivity contribution >= 4 is 5.97 Å². The van der Waals surface area contributed by atoms with Crippen LogP contribution in [0.4, 0.5) is 0 Å². The van der Waals surface area contributed by atoms with Crippen molar-refractivity contribution < 1.29 is 19.4 Å². The highest BCUT2D eigenvalue weighted by atomic mass is 16.5. The van der Waals surface area contributed by atoms with Crippen LogP contribution in [0.2, 0.25) is 0 Å². The van der Waals surface area contributed by atoms with Crippen molar-refractivity contribution in [2.75, 3.05) is 47.1 Å². The van der Waals surface area contributed by atoms with Crippen LogP contribution in [0.15, 0.2) is 0 Å². The molecule has 0 heterocycles. The van der Waals surface area contributed by atoms with E-state index in [-0.39, 0.29) is 5.92 Å². The second-order valence-corrected chi connectivity index (χ2v) is 3.96. The van der Waals surface area contributed by atoms with Gasteiger partial charge in [-0.2, -0.15) is 0 Å². The molecule has 16 heavy (non-hydrogen) atoms. The van der Waals surface area contributed by atoms with Gasteiger partial charge in [0.2, 0.25) is 0 Å². The molecule has 5 heteroatoms. The number of carboxylic acids is 1. The van der Waals surface area contributed by atoms with Gasteiger partial charge in [-0.25, -0.2) is 0 Å². The van der Waals surface area contributed by atoms with Crippen LogP contribution in [0.5, 0.6) is 0 Å². The SMILES string of the molecule is COCCOCCCN(C)CC(C)C(=O)O. The summed E-state index contributed by atoms with van der Waals surface area (Å²) in [5.74, 6) is -1.07. The molecule has 0 bridgehead atoms. The van der Waals surface area contributed by atoms with Gasteiger partial charge < -0.3 is 19.5 Å². The van der Waals surface area contributed by atoms with Gasteiger partial charge in [-0.1, -0.05) is 6.92 Å². The van der Waals surface area contributed by atoms with Gasteiger partial charge >= 0.3 is 5.97 Å². The van der Waals surface area contributed by atoms with Crippen molar-refractivity contribution in [2.45, 2.75) is 13.3 Å². The largest absolute Gasteiger partial charge is 0.481 e. The molecule has 5 nitrogen and oxygen atoms in total. The molecule has 0 aliphatic carbocycles. The van der Waals surface area contributed by atoms with E-state index in [0.29, 0.717) is 26.4 Å². The summed E-state index contributed by atoms with van der Waals surface area (Å²) in [6.07, 6.45) is 0.909. The van der Waals surface area contributed by atoms with Crippen LogP contribution in [-0.2, 0) is 14.3 Å². The van der Waals surface area contributed by atoms with Crippen molar-refractivity contribution in [3.05, 3.63) is 0 Å². The van der Waals surface area contributed by atoms with Gasteiger partial charge in [0.05, 0.1) is 19.1 Å². The van der Waals surface area contributed by atoms with Crippen molar-refractivity contribution in [3.8, 4) is 0 Å². The second kappa shape index (κ2) is 9.57. The number of carbonyl (C=O) groups is 1. The van der Waals surface area contributed by atoms with Crippen LogP contribution >= 0.6 is 0 Å². The maximum atomic E-state index is 10.6. The van der Waals surface area contributed by atoms with Crippen molar-refractivity contribution in [1.82, 2.24) is 4.90 Å². The number of rotatable bonds is 10. The highest BCUT2D eigenvalue weighted by molar-refractivity contribution is 5.69. The summed E-state index contributed by atoms with van der Waals surface area (Å²) in [4.78, 5) is 12.6. The first kappa shape index (κ1) is 15.3. The molecule has 1 unspecified atom stereocenters. The Morgan fingerprint density at radius 3 is 2.62 bits per heavy atom. The summed E-state index contributed by atoms with van der Waals surface area (Å²) in [5.41, 5.74) is 0. The second-order valence-electron chi connectivity index (χ2n) is 3.96. The third-order valence-corrected chi connectivity index (χ3v) is 2.27. The first-order valence-electron chi connectivity index (χ1n) is 5.56. The summed E-state index contributed by atoms with van der Waals surface area (Å²) in [6, 6.07) is 0. The Morgan fingerprint density at radius 1 is 1.38 bits per heavy atom. The van der Waals surface area contributed by atoms with E-state index in [1.807, 2.05) is 11.9 Å². The molecule has 0 aliphatic rings. The van der Waals surface area contributed by atoms with Crippen molar-refractivity contribution in [3.63, 3.8) is 0 Å². The molecule has 0 rings (SSSR count).